The monoisotopic (exact) mass is 299 g/mol. The number of carbonyl (C=O) groups is 2. The Balaban J connectivity index is 2.62. The average molecular weight is 299 g/mol. The SMILES string of the molecule is CNc1nc(N)c(C(=O)N(C)CC(=O)NCC(C)C)s1. The number of anilines is 2. The normalized spacial score (nSPS) is 10.4. The van der Waals surface area contributed by atoms with Gasteiger partial charge in [-0.2, -0.15) is 0 Å². The molecule has 1 aromatic rings. The fourth-order valence-corrected chi connectivity index (χ4v) is 2.26. The zero-order valence-electron chi connectivity index (χ0n) is 12.2. The van der Waals surface area contributed by atoms with Gasteiger partial charge in [0, 0.05) is 20.6 Å². The smallest absolute Gasteiger partial charge is 0.268 e. The van der Waals surface area contributed by atoms with Crippen LogP contribution in [0.25, 0.3) is 0 Å². The summed E-state index contributed by atoms with van der Waals surface area (Å²) >= 11 is 1.17. The van der Waals surface area contributed by atoms with E-state index >= 15 is 0 Å². The molecule has 1 aromatic heterocycles. The van der Waals surface area contributed by atoms with E-state index in [-0.39, 0.29) is 24.2 Å². The number of nitrogens with two attached hydrogens (primary N) is 1. The molecule has 0 aliphatic carbocycles. The van der Waals surface area contributed by atoms with Gasteiger partial charge in [0.15, 0.2) is 5.13 Å². The number of likely N-dealkylation sites (N-methyl/N-ethyl adjacent to an activating group) is 1. The quantitative estimate of drug-likeness (QED) is 0.714. The van der Waals surface area contributed by atoms with Crippen molar-refractivity contribution in [3.05, 3.63) is 4.88 Å². The Bertz CT molecular complexity index is 486. The fraction of sp³-hybridized carbons (Fsp3) is 0.583. The fourth-order valence-electron chi connectivity index (χ4n) is 1.43. The van der Waals surface area contributed by atoms with Crippen LogP contribution >= 0.6 is 11.3 Å². The van der Waals surface area contributed by atoms with Crippen molar-refractivity contribution >= 4 is 34.1 Å². The highest BCUT2D eigenvalue weighted by Crippen LogP contribution is 2.25. The predicted molar refractivity (Wildman–Crippen MR) is 80.9 cm³/mol. The van der Waals surface area contributed by atoms with E-state index in [1.54, 1.807) is 14.1 Å². The molecule has 0 aliphatic heterocycles. The molecular formula is C12H21N5O2S. The van der Waals surface area contributed by atoms with Gasteiger partial charge in [0.25, 0.3) is 5.91 Å². The molecule has 0 aromatic carbocycles. The van der Waals surface area contributed by atoms with Crippen molar-refractivity contribution in [2.45, 2.75) is 13.8 Å². The lowest BCUT2D eigenvalue weighted by Gasteiger charge is -2.16. The molecule has 8 heteroatoms. The number of rotatable bonds is 6. The minimum absolute atomic E-state index is 0.00220. The first-order chi connectivity index (χ1) is 9.35. The van der Waals surface area contributed by atoms with Gasteiger partial charge in [0.1, 0.15) is 10.7 Å². The van der Waals surface area contributed by atoms with Crippen molar-refractivity contribution in [3.8, 4) is 0 Å². The third kappa shape index (κ3) is 4.37. The molecule has 0 unspecified atom stereocenters. The van der Waals surface area contributed by atoms with Crippen molar-refractivity contribution < 1.29 is 9.59 Å². The summed E-state index contributed by atoms with van der Waals surface area (Å²) < 4.78 is 0. The third-order valence-electron chi connectivity index (χ3n) is 2.50. The van der Waals surface area contributed by atoms with Gasteiger partial charge in [0.05, 0.1) is 6.54 Å². The number of aromatic nitrogens is 1. The summed E-state index contributed by atoms with van der Waals surface area (Å²) in [6, 6.07) is 0. The molecule has 0 spiro atoms. The van der Waals surface area contributed by atoms with Crippen LogP contribution in [0, 0.1) is 5.92 Å². The number of nitrogens with zero attached hydrogens (tertiary/aromatic N) is 2. The molecule has 4 N–H and O–H groups in total. The molecule has 20 heavy (non-hydrogen) atoms. The van der Waals surface area contributed by atoms with Gasteiger partial charge in [-0.05, 0) is 5.92 Å². The Morgan fingerprint density at radius 1 is 1.45 bits per heavy atom. The maximum absolute atomic E-state index is 12.2. The highest BCUT2D eigenvalue weighted by molar-refractivity contribution is 7.18. The van der Waals surface area contributed by atoms with Gasteiger partial charge in [-0.1, -0.05) is 25.2 Å². The zero-order chi connectivity index (χ0) is 15.3. The van der Waals surface area contributed by atoms with Crippen LogP contribution in [0.3, 0.4) is 0 Å². The van der Waals surface area contributed by atoms with E-state index in [2.05, 4.69) is 15.6 Å². The third-order valence-corrected chi connectivity index (χ3v) is 3.57. The van der Waals surface area contributed by atoms with Gasteiger partial charge in [-0.3, -0.25) is 9.59 Å². The number of thiazole rings is 1. The van der Waals surface area contributed by atoms with Gasteiger partial charge >= 0.3 is 0 Å². The highest BCUT2D eigenvalue weighted by atomic mass is 32.1. The van der Waals surface area contributed by atoms with Crippen LogP contribution in [0.1, 0.15) is 23.5 Å². The Kier molecular flexibility index (Phi) is 5.75. The van der Waals surface area contributed by atoms with Crippen molar-refractivity contribution in [1.82, 2.24) is 15.2 Å². The van der Waals surface area contributed by atoms with Gasteiger partial charge < -0.3 is 21.3 Å². The number of amides is 2. The number of nitrogens with one attached hydrogen (secondary N) is 2. The predicted octanol–water partition coefficient (Wildman–Crippen LogP) is 0.611. The van der Waals surface area contributed by atoms with Crippen LogP contribution in [0.5, 0.6) is 0 Å². The summed E-state index contributed by atoms with van der Waals surface area (Å²) in [6.45, 7) is 4.60. The number of hydrogen-bond donors (Lipinski definition) is 3. The molecule has 0 saturated carbocycles. The lowest BCUT2D eigenvalue weighted by Crippen LogP contribution is -2.39. The van der Waals surface area contributed by atoms with Crippen molar-refractivity contribution in [2.75, 3.05) is 38.2 Å². The summed E-state index contributed by atoms with van der Waals surface area (Å²) in [6.07, 6.45) is 0. The van der Waals surface area contributed by atoms with E-state index < -0.39 is 0 Å². The van der Waals surface area contributed by atoms with Crippen LogP contribution in [-0.2, 0) is 4.79 Å². The summed E-state index contributed by atoms with van der Waals surface area (Å²) in [5.41, 5.74) is 5.70. The first-order valence-electron chi connectivity index (χ1n) is 6.31. The van der Waals surface area contributed by atoms with E-state index in [0.29, 0.717) is 22.5 Å². The van der Waals surface area contributed by atoms with Crippen LogP contribution in [0.4, 0.5) is 10.9 Å². The van der Waals surface area contributed by atoms with E-state index in [1.807, 2.05) is 13.8 Å². The first kappa shape index (κ1) is 16.2. The molecule has 0 saturated heterocycles. The Morgan fingerprint density at radius 3 is 2.60 bits per heavy atom. The molecule has 0 fully saturated rings. The maximum atomic E-state index is 12.2. The molecule has 0 aliphatic rings. The van der Waals surface area contributed by atoms with E-state index in [0.717, 1.165) is 0 Å². The largest absolute Gasteiger partial charge is 0.382 e. The Morgan fingerprint density at radius 2 is 2.10 bits per heavy atom. The second-order valence-electron chi connectivity index (χ2n) is 4.84. The summed E-state index contributed by atoms with van der Waals surface area (Å²) in [5, 5.41) is 6.17. The van der Waals surface area contributed by atoms with Crippen molar-refractivity contribution in [3.63, 3.8) is 0 Å². The van der Waals surface area contributed by atoms with Crippen LogP contribution < -0.4 is 16.4 Å². The molecule has 7 nitrogen and oxygen atoms in total. The van der Waals surface area contributed by atoms with E-state index in [1.165, 1.54) is 16.2 Å². The topological polar surface area (TPSA) is 100 Å². The van der Waals surface area contributed by atoms with Gasteiger partial charge in [0.2, 0.25) is 5.91 Å². The lowest BCUT2D eigenvalue weighted by atomic mass is 10.2. The Labute approximate surface area is 122 Å². The molecule has 112 valence electrons. The minimum Gasteiger partial charge on any atom is -0.382 e. The summed E-state index contributed by atoms with van der Waals surface area (Å²) in [7, 11) is 3.27. The number of carbonyl (C=O) groups excluding carboxylic acids is 2. The number of hydrogen-bond acceptors (Lipinski definition) is 6. The van der Waals surface area contributed by atoms with Gasteiger partial charge in [-0.25, -0.2) is 4.98 Å². The van der Waals surface area contributed by atoms with Crippen LogP contribution in [0.2, 0.25) is 0 Å². The molecule has 1 heterocycles. The molecule has 0 atom stereocenters. The first-order valence-corrected chi connectivity index (χ1v) is 7.13. The molecule has 2 amide bonds. The Hall–Kier alpha value is -1.83. The molecule has 0 bridgehead atoms. The van der Waals surface area contributed by atoms with Crippen LogP contribution in [-0.4, -0.2) is 48.9 Å². The van der Waals surface area contributed by atoms with Gasteiger partial charge in [-0.15, -0.1) is 0 Å². The molecule has 1 rings (SSSR count). The summed E-state index contributed by atoms with van der Waals surface area (Å²) in [4.78, 5) is 29.5. The molecule has 0 radical (unpaired) electrons. The lowest BCUT2D eigenvalue weighted by molar-refractivity contribution is -0.121. The molecular weight excluding hydrogens is 278 g/mol. The second-order valence-corrected chi connectivity index (χ2v) is 5.84. The maximum Gasteiger partial charge on any atom is 0.268 e. The highest BCUT2D eigenvalue weighted by Gasteiger charge is 2.21. The standard InChI is InChI=1S/C12H21N5O2S/c1-7(2)5-15-8(18)6-17(4)11(19)9-10(13)16-12(14-3)20-9/h7H,5-6,13H2,1-4H3,(H,14,16)(H,15,18). The van der Waals surface area contributed by atoms with E-state index in [9.17, 15) is 9.59 Å². The van der Waals surface area contributed by atoms with E-state index in [4.69, 9.17) is 5.73 Å². The number of nitrogen functional groups attached to an aromatic ring is 1. The zero-order valence-corrected chi connectivity index (χ0v) is 13.0. The van der Waals surface area contributed by atoms with Crippen molar-refractivity contribution in [2.24, 2.45) is 5.92 Å². The minimum atomic E-state index is -0.304. The average Bonchev–Trinajstić information content (AvgIpc) is 2.76. The second kappa shape index (κ2) is 7.09. The summed E-state index contributed by atoms with van der Waals surface area (Å²) in [5.74, 6) is 0.0572. The van der Waals surface area contributed by atoms with Crippen LogP contribution in [0.15, 0.2) is 0 Å². The van der Waals surface area contributed by atoms with Crippen molar-refractivity contribution in [1.29, 1.82) is 0 Å².